The van der Waals surface area contributed by atoms with Crippen LogP contribution in [0.3, 0.4) is 0 Å². The number of aromatic nitrogens is 2. The third-order valence-electron chi connectivity index (χ3n) is 5.70. The van der Waals surface area contributed by atoms with E-state index in [1.807, 2.05) is 0 Å². The van der Waals surface area contributed by atoms with Crippen LogP contribution >= 0.6 is 23.2 Å². The van der Waals surface area contributed by atoms with E-state index in [9.17, 15) is 26.7 Å². The van der Waals surface area contributed by atoms with Crippen molar-refractivity contribution in [3.8, 4) is 0 Å². The minimum absolute atomic E-state index is 0.0679. The van der Waals surface area contributed by atoms with Crippen molar-refractivity contribution in [1.82, 2.24) is 14.9 Å². The smallest absolute Gasteiger partial charge is 0.382 e. The number of anilines is 1. The molecule has 1 aliphatic rings. The molecular weight excluding hydrogens is 502 g/mol. The molecule has 182 valence electrons. The van der Waals surface area contributed by atoms with E-state index in [-0.39, 0.29) is 33.9 Å². The van der Waals surface area contributed by atoms with E-state index in [4.69, 9.17) is 23.2 Å². The summed E-state index contributed by atoms with van der Waals surface area (Å²) in [5.41, 5.74) is -0.695. The van der Waals surface area contributed by atoms with Gasteiger partial charge in [0.25, 0.3) is 5.91 Å². The molecule has 34 heavy (non-hydrogen) atoms. The largest absolute Gasteiger partial charge is 0.433 e. The van der Waals surface area contributed by atoms with Crippen molar-refractivity contribution in [1.29, 1.82) is 0 Å². The predicted molar refractivity (Wildman–Crippen MR) is 120 cm³/mol. The Morgan fingerprint density at radius 1 is 1.12 bits per heavy atom. The third-order valence-corrected chi connectivity index (χ3v) is 6.23. The van der Waals surface area contributed by atoms with Crippen LogP contribution in [0.5, 0.6) is 0 Å². The number of nitrogens with one attached hydrogen (secondary N) is 2. The van der Waals surface area contributed by atoms with E-state index in [0.717, 1.165) is 18.5 Å². The van der Waals surface area contributed by atoms with Gasteiger partial charge in [0, 0.05) is 40.6 Å². The normalized spacial score (nSPS) is 18.9. The Balaban J connectivity index is 1.52. The topological polar surface area (TPSA) is 59.0 Å². The molecule has 0 spiro atoms. The quantitative estimate of drug-likeness (QED) is 0.359. The number of halogens is 7. The van der Waals surface area contributed by atoms with Crippen LogP contribution in [-0.2, 0) is 6.18 Å². The Morgan fingerprint density at radius 3 is 2.53 bits per heavy atom. The van der Waals surface area contributed by atoms with Gasteiger partial charge in [0.15, 0.2) is 0 Å². The first-order valence-electron chi connectivity index (χ1n) is 10.4. The van der Waals surface area contributed by atoms with Gasteiger partial charge in [-0.05, 0) is 49.9 Å². The average Bonchev–Trinajstić information content (AvgIpc) is 3.16. The fourth-order valence-electron chi connectivity index (χ4n) is 4.13. The number of benzene rings is 1. The Kier molecular flexibility index (Phi) is 6.91. The fraction of sp³-hybridized carbons (Fsp3) is 0.364. The summed E-state index contributed by atoms with van der Waals surface area (Å²) in [6.45, 7) is -2.83. The minimum atomic E-state index is -4.62. The van der Waals surface area contributed by atoms with Crippen LogP contribution in [0.15, 0.2) is 36.7 Å². The van der Waals surface area contributed by atoms with E-state index in [1.165, 1.54) is 12.1 Å². The van der Waals surface area contributed by atoms with E-state index >= 15 is 0 Å². The van der Waals surface area contributed by atoms with Crippen molar-refractivity contribution in [3.63, 3.8) is 0 Å². The molecule has 0 radical (unpaired) electrons. The standard InChI is InChI=1S/C22H19Cl2F5N4O/c23-11-4-5-17-14(6-11)18(8-19(32-17)22(27,28)29)30-12-2-1-3-13(7-12)31-20(34)15-9-33(21(25)26)10-16(15)24/h4-6,8-10,12-13,21H,1-3,7H2,(H,30,32)(H,31,34)/t12-,13+/m0/s1. The summed E-state index contributed by atoms with van der Waals surface area (Å²) in [7, 11) is 0. The average molecular weight is 521 g/mol. The van der Waals surface area contributed by atoms with Crippen LogP contribution in [0.4, 0.5) is 27.6 Å². The van der Waals surface area contributed by atoms with Gasteiger partial charge in [-0.1, -0.05) is 23.2 Å². The summed E-state index contributed by atoms with van der Waals surface area (Å²) in [4.78, 5) is 16.3. The molecule has 0 unspecified atom stereocenters. The summed E-state index contributed by atoms with van der Waals surface area (Å²) in [6, 6.07) is 4.84. The van der Waals surface area contributed by atoms with Crippen LogP contribution < -0.4 is 10.6 Å². The lowest BCUT2D eigenvalue weighted by Crippen LogP contribution is -2.41. The lowest BCUT2D eigenvalue weighted by Gasteiger charge is -2.31. The number of carbonyl (C=O) groups excluding carboxylic acids is 1. The van der Waals surface area contributed by atoms with Gasteiger partial charge >= 0.3 is 12.7 Å². The molecule has 1 aromatic carbocycles. The van der Waals surface area contributed by atoms with Gasteiger partial charge in [0.05, 0.1) is 16.1 Å². The zero-order valence-corrected chi connectivity index (χ0v) is 19.0. The Labute approximate surface area is 201 Å². The monoisotopic (exact) mass is 520 g/mol. The molecular formula is C22H19Cl2F5N4O. The summed E-state index contributed by atoms with van der Waals surface area (Å²) >= 11 is 12.0. The van der Waals surface area contributed by atoms with Crippen molar-refractivity contribution in [3.05, 3.63) is 58.0 Å². The highest BCUT2D eigenvalue weighted by Gasteiger charge is 2.34. The van der Waals surface area contributed by atoms with Crippen molar-refractivity contribution >= 4 is 45.7 Å². The fourth-order valence-corrected chi connectivity index (χ4v) is 4.55. The van der Waals surface area contributed by atoms with Crippen LogP contribution in [0, 0.1) is 0 Å². The molecule has 12 heteroatoms. The Bertz CT molecular complexity index is 1210. The van der Waals surface area contributed by atoms with Gasteiger partial charge in [-0.25, -0.2) is 4.98 Å². The summed E-state index contributed by atoms with van der Waals surface area (Å²) in [5.74, 6) is -0.587. The molecule has 1 fully saturated rings. The number of fused-ring (bicyclic) bond motifs is 1. The molecule has 3 aromatic rings. The number of hydrogen-bond acceptors (Lipinski definition) is 3. The molecule has 0 saturated heterocycles. The van der Waals surface area contributed by atoms with E-state index in [1.54, 1.807) is 6.07 Å². The second kappa shape index (κ2) is 9.58. The van der Waals surface area contributed by atoms with Crippen LogP contribution in [0.1, 0.15) is 48.3 Å². The third kappa shape index (κ3) is 5.38. The molecule has 2 aromatic heterocycles. The molecule has 2 N–H and O–H groups in total. The van der Waals surface area contributed by atoms with E-state index in [0.29, 0.717) is 40.7 Å². The number of rotatable bonds is 5. The predicted octanol–water partition coefficient (Wildman–Crippen LogP) is 6.91. The maximum atomic E-state index is 13.4. The first-order chi connectivity index (χ1) is 16.0. The van der Waals surface area contributed by atoms with Crippen LogP contribution in [-0.4, -0.2) is 27.5 Å². The molecule has 2 heterocycles. The lowest BCUT2D eigenvalue weighted by atomic mass is 9.90. The summed E-state index contributed by atoms with van der Waals surface area (Å²) < 4.78 is 66.4. The van der Waals surface area contributed by atoms with Crippen molar-refractivity contribution < 1.29 is 26.7 Å². The Hall–Kier alpha value is -2.59. The van der Waals surface area contributed by atoms with Gasteiger partial charge in [-0.3, -0.25) is 9.36 Å². The first kappa shape index (κ1) is 24.5. The number of alkyl halides is 5. The molecule has 1 aliphatic carbocycles. The SMILES string of the molecule is O=C(N[C@@H]1CCC[C@H](Nc2cc(C(F)(F)F)nc3ccc(Cl)cc23)C1)c1cn(C(F)F)cc1Cl. The highest BCUT2D eigenvalue weighted by atomic mass is 35.5. The zero-order chi connectivity index (χ0) is 24.6. The second-order valence-corrected chi connectivity index (χ2v) is 8.98. The molecule has 4 rings (SSSR count). The first-order valence-corrected chi connectivity index (χ1v) is 11.2. The van der Waals surface area contributed by atoms with Gasteiger partial charge in [0.1, 0.15) is 5.69 Å². The minimum Gasteiger partial charge on any atom is -0.382 e. The maximum Gasteiger partial charge on any atom is 0.433 e. The lowest BCUT2D eigenvalue weighted by molar-refractivity contribution is -0.140. The van der Waals surface area contributed by atoms with Crippen molar-refractivity contribution in [2.24, 2.45) is 0 Å². The van der Waals surface area contributed by atoms with E-state index in [2.05, 4.69) is 15.6 Å². The number of nitrogens with zero attached hydrogens (tertiary/aromatic N) is 2. The Morgan fingerprint density at radius 2 is 1.85 bits per heavy atom. The highest BCUT2D eigenvalue weighted by molar-refractivity contribution is 6.33. The second-order valence-electron chi connectivity index (χ2n) is 8.14. The van der Waals surface area contributed by atoms with Crippen LogP contribution in [0.2, 0.25) is 10.0 Å². The molecule has 5 nitrogen and oxygen atoms in total. The molecule has 2 atom stereocenters. The number of amides is 1. The summed E-state index contributed by atoms with van der Waals surface area (Å²) in [6.07, 6.45) is -0.249. The maximum absolute atomic E-state index is 13.4. The van der Waals surface area contributed by atoms with Gasteiger partial charge in [-0.2, -0.15) is 22.0 Å². The van der Waals surface area contributed by atoms with Crippen molar-refractivity contribution in [2.45, 2.75) is 50.5 Å². The zero-order valence-electron chi connectivity index (χ0n) is 17.5. The van der Waals surface area contributed by atoms with E-state index < -0.39 is 24.3 Å². The van der Waals surface area contributed by atoms with Crippen LogP contribution in [0.25, 0.3) is 10.9 Å². The number of hydrogen-bond donors (Lipinski definition) is 2. The molecule has 0 bridgehead atoms. The highest BCUT2D eigenvalue weighted by Crippen LogP contribution is 2.35. The molecule has 0 aliphatic heterocycles. The van der Waals surface area contributed by atoms with Gasteiger partial charge in [-0.15, -0.1) is 0 Å². The van der Waals surface area contributed by atoms with Crippen molar-refractivity contribution in [2.75, 3.05) is 5.32 Å². The number of carbonyl (C=O) groups is 1. The van der Waals surface area contributed by atoms with Gasteiger partial charge in [0.2, 0.25) is 0 Å². The summed E-state index contributed by atoms with van der Waals surface area (Å²) in [5, 5.41) is 6.66. The molecule has 1 saturated carbocycles. The van der Waals surface area contributed by atoms with Gasteiger partial charge < -0.3 is 10.6 Å². The number of pyridine rings is 1. The molecule has 1 amide bonds.